The van der Waals surface area contributed by atoms with Crippen molar-refractivity contribution in [1.29, 1.82) is 0 Å². The maximum Gasteiger partial charge on any atom is 0.305 e. The van der Waals surface area contributed by atoms with Gasteiger partial charge in [0, 0.05) is 11.3 Å². The van der Waals surface area contributed by atoms with Gasteiger partial charge in [-0.2, -0.15) is 5.10 Å². The Balaban J connectivity index is 1.59. The van der Waals surface area contributed by atoms with Gasteiger partial charge in [0.2, 0.25) is 5.91 Å². The van der Waals surface area contributed by atoms with E-state index in [2.05, 4.69) is 20.8 Å². The summed E-state index contributed by atoms with van der Waals surface area (Å²) in [6, 6.07) is 14.4. The number of carboxylic acid groups (broad SMARTS) is 1. The molecule has 0 aromatic heterocycles. The van der Waals surface area contributed by atoms with Crippen LogP contribution in [-0.4, -0.2) is 46.1 Å². The molecule has 9 nitrogen and oxygen atoms in total. The van der Waals surface area contributed by atoms with Crippen LogP contribution in [0, 0.1) is 6.92 Å². The summed E-state index contributed by atoms with van der Waals surface area (Å²) < 4.78 is 5.62. The van der Waals surface area contributed by atoms with Crippen LogP contribution in [0.15, 0.2) is 58.7 Å². The lowest BCUT2D eigenvalue weighted by molar-refractivity contribution is -0.138. The Hall–Kier alpha value is -3.66. The zero-order valence-corrected chi connectivity index (χ0v) is 17.4. The molecule has 1 unspecified atom stereocenters. The summed E-state index contributed by atoms with van der Waals surface area (Å²) in [7, 11) is 0. The van der Waals surface area contributed by atoms with E-state index in [1.807, 2.05) is 31.2 Å². The number of ether oxygens (including phenoxy) is 1. The van der Waals surface area contributed by atoms with Crippen molar-refractivity contribution in [2.45, 2.75) is 18.6 Å². The van der Waals surface area contributed by atoms with Gasteiger partial charge in [0.25, 0.3) is 5.91 Å². The summed E-state index contributed by atoms with van der Waals surface area (Å²) in [5.74, 6) is -1.33. The number of hydrogen-bond acceptors (Lipinski definition) is 7. The Kier molecular flexibility index (Phi) is 7.39. The highest BCUT2D eigenvalue weighted by Gasteiger charge is 2.32. The van der Waals surface area contributed by atoms with Crippen LogP contribution in [-0.2, 0) is 14.4 Å². The molecule has 0 aliphatic carbocycles. The molecule has 1 aliphatic rings. The smallest absolute Gasteiger partial charge is 0.305 e. The summed E-state index contributed by atoms with van der Waals surface area (Å²) in [5.41, 5.74) is 2.26. The maximum atomic E-state index is 12.2. The Morgan fingerprint density at radius 1 is 1.23 bits per heavy atom. The Morgan fingerprint density at radius 3 is 2.74 bits per heavy atom. The minimum Gasteiger partial charge on any atom is -0.483 e. The number of carbonyl (C=O) groups is 3. The number of para-hydroxylation sites is 2. The first-order valence-electron chi connectivity index (χ1n) is 9.30. The third-order valence-electron chi connectivity index (χ3n) is 4.18. The first-order chi connectivity index (χ1) is 14.9. The number of anilines is 1. The number of aliphatic carboxylic acids is 1. The van der Waals surface area contributed by atoms with E-state index in [0.29, 0.717) is 11.3 Å². The molecule has 0 bridgehead atoms. The number of hydrogen-bond donors (Lipinski definition) is 3. The Labute approximate surface area is 182 Å². The topological polar surface area (TPSA) is 129 Å². The SMILES string of the molecule is Cc1ccccc1NC(=O)COc1ccccc1C=NN=C1NC(=O)C(CC(=O)O)S1. The Bertz CT molecular complexity index is 1050. The second-order valence-electron chi connectivity index (χ2n) is 6.53. The van der Waals surface area contributed by atoms with Gasteiger partial charge < -0.3 is 20.5 Å². The average molecular weight is 440 g/mol. The zero-order chi connectivity index (χ0) is 22.2. The number of nitrogens with zero attached hydrogens (tertiary/aromatic N) is 2. The van der Waals surface area contributed by atoms with Gasteiger partial charge in [-0.15, -0.1) is 5.10 Å². The van der Waals surface area contributed by atoms with Crippen LogP contribution in [0.2, 0.25) is 0 Å². The number of benzene rings is 2. The fourth-order valence-electron chi connectivity index (χ4n) is 2.65. The molecule has 1 fully saturated rings. The number of thioether (sulfide) groups is 1. The fraction of sp³-hybridized carbons (Fsp3) is 0.190. The van der Waals surface area contributed by atoms with Crippen LogP contribution in [0.3, 0.4) is 0 Å². The summed E-state index contributed by atoms with van der Waals surface area (Å²) in [5, 5.41) is 21.5. The lowest BCUT2D eigenvalue weighted by atomic mass is 10.2. The van der Waals surface area contributed by atoms with E-state index in [4.69, 9.17) is 9.84 Å². The standard InChI is InChI=1S/C21H20N4O5S/c1-13-6-2-4-8-15(13)23-18(26)12-30-16-9-5-3-7-14(16)11-22-25-21-24-20(29)17(31-21)10-19(27)28/h2-9,11,17H,10,12H2,1H3,(H,23,26)(H,27,28)(H,24,25,29). The predicted molar refractivity (Wildman–Crippen MR) is 119 cm³/mol. The molecule has 0 saturated carbocycles. The second-order valence-corrected chi connectivity index (χ2v) is 7.72. The minimum atomic E-state index is -1.06. The molecule has 0 spiro atoms. The van der Waals surface area contributed by atoms with Crippen LogP contribution in [0.5, 0.6) is 5.75 Å². The summed E-state index contributed by atoms with van der Waals surface area (Å²) in [6.07, 6.45) is 1.14. The van der Waals surface area contributed by atoms with Gasteiger partial charge >= 0.3 is 5.97 Å². The molecule has 2 aromatic carbocycles. The quantitative estimate of drug-likeness (QED) is 0.427. The highest BCUT2D eigenvalue weighted by Crippen LogP contribution is 2.22. The minimum absolute atomic E-state index is 0.184. The van der Waals surface area contributed by atoms with E-state index >= 15 is 0 Å². The first-order valence-corrected chi connectivity index (χ1v) is 10.2. The van der Waals surface area contributed by atoms with Gasteiger partial charge in [-0.3, -0.25) is 14.4 Å². The molecule has 1 atom stereocenters. The molecule has 3 rings (SSSR count). The molecule has 2 amide bonds. The lowest BCUT2D eigenvalue weighted by Crippen LogP contribution is -2.26. The van der Waals surface area contributed by atoms with Crippen LogP contribution >= 0.6 is 11.8 Å². The van der Waals surface area contributed by atoms with Gasteiger partial charge in [-0.25, -0.2) is 0 Å². The van der Waals surface area contributed by atoms with Crippen LogP contribution < -0.4 is 15.4 Å². The molecule has 1 saturated heterocycles. The Morgan fingerprint density at radius 2 is 1.97 bits per heavy atom. The molecular weight excluding hydrogens is 420 g/mol. The van der Waals surface area contributed by atoms with E-state index in [1.54, 1.807) is 24.3 Å². The van der Waals surface area contributed by atoms with Crippen LogP contribution in [0.25, 0.3) is 0 Å². The normalized spacial score (nSPS) is 17.0. The molecule has 3 N–H and O–H groups in total. The van der Waals surface area contributed by atoms with Crippen molar-refractivity contribution in [1.82, 2.24) is 5.32 Å². The number of amidine groups is 1. The predicted octanol–water partition coefficient (Wildman–Crippen LogP) is 2.41. The van der Waals surface area contributed by atoms with Crippen molar-refractivity contribution in [2.75, 3.05) is 11.9 Å². The third kappa shape index (κ3) is 6.41. The monoisotopic (exact) mass is 440 g/mol. The molecule has 1 aliphatic heterocycles. The maximum absolute atomic E-state index is 12.2. The molecule has 2 aromatic rings. The highest BCUT2D eigenvalue weighted by atomic mass is 32.2. The molecule has 31 heavy (non-hydrogen) atoms. The lowest BCUT2D eigenvalue weighted by Gasteiger charge is -2.10. The molecule has 160 valence electrons. The van der Waals surface area contributed by atoms with Gasteiger partial charge in [0.15, 0.2) is 11.8 Å². The van der Waals surface area contributed by atoms with E-state index in [0.717, 1.165) is 23.0 Å². The van der Waals surface area contributed by atoms with Crippen molar-refractivity contribution in [3.63, 3.8) is 0 Å². The molecular formula is C21H20N4O5S. The summed E-state index contributed by atoms with van der Waals surface area (Å²) in [4.78, 5) is 34.7. The summed E-state index contributed by atoms with van der Waals surface area (Å²) in [6.45, 7) is 1.72. The highest BCUT2D eigenvalue weighted by molar-refractivity contribution is 8.15. The zero-order valence-electron chi connectivity index (χ0n) is 16.6. The van der Waals surface area contributed by atoms with Gasteiger partial charge in [0.1, 0.15) is 11.0 Å². The average Bonchev–Trinajstić information content (AvgIpc) is 3.07. The van der Waals surface area contributed by atoms with Gasteiger partial charge in [-0.05, 0) is 30.7 Å². The number of carbonyl (C=O) groups excluding carboxylic acids is 2. The molecule has 10 heteroatoms. The fourth-order valence-corrected chi connectivity index (χ4v) is 3.57. The number of nitrogens with one attached hydrogen (secondary N) is 2. The number of carboxylic acids is 1. The second kappa shape index (κ2) is 10.4. The molecule has 0 radical (unpaired) electrons. The van der Waals surface area contributed by atoms with E-state index < -0.39 is 17.1 Å². The van der Waals surface area contributed by atoms with Crippen LogP contribution in [0.4, 0.5) is 5.69 Å². The first kappa shape index (κ1) is 22.0. The van der Waals surface area contributed by atoms with Crippen molar-refractivity contribution in [2.24, 2.45) is 10.2 Å². The third-order valence-corrected chi connectivity index (χ3v) is 5.25. The van der Waals surface area contributed by atoms with Gasteiger partial charge in [0.05, 0.1) is 12.6 Å². The van der Waals surface area contributed by atoms with E-state index in [-0.39, 0.29) is 24.1 Å². The largest absolute Gasteiger partial charge is 0.483 e. The van der Waals surface area contributed by atoms with Crippen molar-refractivity contribution >= 4 is 46.6 Å². The van der Waals surface area contributed by atoms with Crippen LogP contribution in [0.1, 0.15) is 17.5 Å². The summed E-state index contributed by atoms with van der Waals surface area (Å²) >= 11 is 1.01. The van der Waals surface area contributed by atoms with Crippen molar-refractivity contribution in [3.8, 4) is 5.75 Å². The number of aryl methyl sites for hydroxylation is 1. The van der Waals surface area contributed by atoms with Gasteiger partial charge in [-0.1, -0.05) is 42.1 Å². The molecule has 1 heterocycles. The van der Waals surface area contributed by atoms with E-state index in [9.17, 15) is 14.4 Å². The van der Waals surface area contributed by atoms with Crippen molar-refractivity contribution < 1.29 is 24.2 Å². The van der Waals surface area contributed by atoms with Crippen molar-refractivity contribution in [3.05, 3.63) is 59.7 Å². The number of amides is 2. The number of rotatable bonds is 8. The van der Waals surface area contributed by atoms with E-state index in [1.165, 1.54) is 6.21 Å².